The molecule has 2 N–H and O–H groups in total. The largest absolute Gasteiger partial charge is 0.383 e. The van der Waals surface area contributed by atoms with Crippen LogP contribution in [0.3, 0.4) is 0 Å². The van der Waals surface area contributed by atoms with Gasteiger partial charge >= 0.3 is 0 Å². The van der Waals surface area contributed by atoms with E-state index in [-0.39, 0.29) is 17.2 Å². The first-order valence-corrected chi connectivity index (χ1v) is 9.78. The van der Waals surface area contributed by atoms with Crippen molar-refractivity contribution in [1.82, 2.24) is 4.90 Å². The predicted octanol–water partition coefficient (Wildman–Crippen LogP) is 3.34. The van der Waals surface area contributed by atoms with Crippen molar-refractivity contribution in [3.8, 4) is 0 Å². The molecule has 2 aromatic rings. The highest BCUT2D eigenvalue weighted by molar-refractivity contribution is 6.05. The fraction of sp³-hybridized carbons (Fsp3) is 0.381. The number of carbonyl (C=O) groups excluding carboxylic acids is 1. The van der Waals surface area contributed by atoms with Gasteiger partial charge in [0.2, 0.25) is 0 Å². The zero-order chi connectivity index (χ0) is 21.0. The molecule has 0 radical (unpaired) electrons. The highest BCUT2D eigenvalue weighted by atomic mass is 16.6. The molecular formula is C21H27N5O3. The second-order valence-electron chi connectivity index (χ2n) is 7.11. The molecule has 1 aliphatic rings. The smallest absolute Gasteiger partial charge is 0.293 e. The Morgan fingerprint density at radius 1 is 1.10 bits per heavy atom. The lowest BCUT2D eigenvalue weighted by Gasteiger charge is -2.35. The number of amides is 1. The van der Waals surface area contributed by atoms with Crippen LogP contribution in [-0.2, 0) is 0 Å². The molecule has 0 unspecified atom stereocenters. The molecule has 0 bridgehead atoms. The van der Waals surface area contributed by atoms with Crippen LogP contribution in [0.2, 0.25) is 0 Å². The standard InChI is InChI=1S/C21H27N5O3/c1-4-24-9-11-25(12-10-24)17-6-8-18(15(2)13-17)23-21(27)16-5-7-19(22-3)20(14-16)26(28)29/h5-8,13-14,22H,4,9-12H2,1-3H3,(H,23,27). The number of piperazine rings is 1. The molecule has 1 fully saturated rings. The van der Waals surface area contributed by atoms with Crippen molar-refractivity contribution in [2.24, 2.45) is 0 Å². The van der Waals surface area contributed by atoms with E-state index in [1.165, 1.54) is 6.07 Å². The molecule has 0 spiro atoms. The average Bonchev–Trinajstić information content (AvgIpc) is 2.74. The number of likely N-dealkylation sites (N-methyl/N-ethyl adjacent to an activating group) is 1. The number of carbonyl (C=O) groups is 1. The summed E-state index contributed by atoms with van der Waals surface area (Å²) < 4.78 is 0. The monoisotopic (exact) mass is 397 g/mol. The summed E-state index contributed by atoms with van der Waals surface area (Å²) in [5.74, 6) is -0.372. The van der Waals surface area contributed by atoms with Gasteiger partial charge < -0.3 is 20.4 Å². The lowest BCUT2D eigenvalue weighted by atomic mass is 10.1. The molecule has 1 heterocycles. The van der Waals surface area contributed by atoms with Gasteiger partial charge in [0.1, 0.15) is 5.69 Å². The Kier molecular flexibility index (Phi) is 6.33. The SMILES string of the molecule is CCN1CCN(c2ccc(NC(=O)c3ccc(NC)c([N+](=O)[O-])c3)c(C)c2)CC1. The number of anilines is 3. The van der Waals surface area contributed by atoms with Gasteiger partial charge in [0.05, 0.1) is 4.92 Å². The Hall–Kier alpha value is -3.13. The van der Waals surface area contributed by atoms with Gasteiger partial charge in [-0.3, -0.25) is 14.9 Å². The number of nitro groups is 1. The van der Waals surface area contributed by atoms with Gasteiger partial charge in [0, 0.05) is 56.2 Å². The molecule has 154 valence electrons. The number of benzene rings is 2. The minimum Gasteiger partial charge on any atom is -0.383 e. The molecule has 8 heteroatoms. The van der Waals surface area contributed by atoms with Gasteiger partial charge in [-0.15, -0.1) is 0 Å². The maximum absolute atomic E-state index is 12.6. The number of hydrogen-bond donors (Lipinski definition) is 2. The lowest BCUT2D eigenvalue weighted by molar-refractivity contribution is -0.384. The van der Waals surface area contributed by atoms with Gasteiger partial charge in [-0.1, -0.05) is 6.92 Å². The van der Waals surface area contributed by atoms with E-state index in [0.717, 1.165) is 44.0 Å². The molecule has 0 aromatic heterocycles. The quantitative estimate of drug-likeness (QED) is 0.574. The second kappa shape index (κ2) is 8.91. The van der Waals surface area contributed by atoms with Gasteiger partial charge in [0.15, 0.2) is 0 Å². The predicted molar refractivity (Wildman–Crippen MR) is 116 cm³/mol. The van der Waals surface area contributed by atoms with E-state index < -0.39 is 4.92 Å². The molecule has 0 saturated carbocycles. The van der Waals surface area contributed by atoms with Crippen molar-refractivity contribution in [3.05, 3.63) is 57.6 Å². The molecule has 1 saturated heterocycles. The first-order chi connectivity index (χ1) is 13.9. The van der Waals surface area contributed by atoms with E-state index in [1.54, 1.807) is 19.2 Å². The number of nitro benzene ring substituents is 1. The third kappa shape index (κ3) is 4.65. The number of nitrogens with zero attached hydrogens (tertiary/aromatic N) is 3. The summed E-state index contributed by atoms with van der Waals surface area (Å²) in [6.45, 7) is 9.28. The number of hydrogen-bond acceptors (Lipinski definition) is 6. The number of nitrogens with one attached hydrogen (secondary N) is 2. The van der Waals surface area contributed by atoms with E-state index in [0.29, 0.717) is 11.4 Å². The van der Waals surface area contributed by atoms with Crippen molar-refractivity contribution in [1.29, 1.82) is 0 Å². The van der Waals surface area contributed by atoms with Crippen LogP contribution >= 0.6 is 0 Å². The summed E-state index contributed by atoms with van der Waals surface area (Å²) in [6.07, 6.45) is 0. The van der Waals surface area contributed by atoms with Crippen LogP contribution in [0, 0.1) is 17.0 Å². The van der Waals surface area contributed by atoms with E-state index in [1.807, 2.05) is 19.1 Å². The van der Waals surface area contributed by atoms with Crippen LogP contribution in [0.25, 0.3) is 0 Å². The zero-order valence-corrected chi connectivity index (χ0v) is 17.1. The molecule has 29 heavy (non-hydrogen) atoms. The van der Waals surface area contributed by atoms with Gasteiger partial charge in [-0.05, 0) is 49.4 Å². The molecule has 0 aliphatic carbocycles. The number of aryl methyl sites for hydroxylation is 1. The summed E-state index contributed by atoms with van der Waals surface area (Å²) >= 11 is 0. The number of rotatable bonds is 6. The maximum Gasteiger partial charge on any atom is 0.293 e. The van der Waals surface area contributed by atoms with Crippen LogP contribution in [0.4, 0.5) is 22.7 Å². The minimum atomic E-state index is -0.499. The summed E-state index contributed by atoms with van der Waals surface area (Å²) in [7, 11) is 1.61. The van der Waals surface area contributed by atoms with E-state index in [2.05, 4.69) is 33.4 Å². The van der Waals surface area contributed by atoms with Crippen molar-refractivity contribution < 1.29 is 9.72 Å². The van der Waals surface area contributed by atoms with Crippen molar-refractivity contribution >= 4 is 28.7 Å². The Bertz CT molecular complexity index is 907. The Morgan fingerprint density at radius 2 is 1.79 bits per heavy atom. The highest BCUT2D eigenvalue weighted by Crippen LogP contribution is 2.27. The molecular weight excluding hydrogens is 370 g/mol. The molecule has 0 atom stereocenters. The molecule has 1 aliphatic heterocycles. The average molecular weight is 397 g/mol. The Labute approximate surface area is 170 Å². The van der Waals surface area contributed by atoms with E-state index >= 15 is 0 Å². The van der Waals surface area contributed by atoms with Crippen LogP contribution in [0.15, 0.2) is 36.4 Å². The van der Waals surface area contributed by atoms with Gasteiger partial charge in [0.25, 0.3) is 11.6 Å². The third-order valence-electron chi connectivity index (χ3n) is 5.37. The molecule has 2 aromatic carbocycles. The van der Waals surface area contributed by atoms with Crippen molar-refractivity contribution in [2.75, 3.05) is 55.3 Å². The second-order valence-corrected chi connectivity index (χ2v) is 7.11. The topological polar surface area (TPSA) is 90.8 Å². The maximum atomic E-state index is 12.6. The van der Waals surface area contributed by atoms with Crippen molar-refractivity contribution in [2.45, 2.75) is 13.8 Å². The molecule has 8 nitrogen and oxygen atoms in total. The summed E-state index contributed by atoms with van der Waals surface area (Å²) in [4.78, 5) is 28.1. The molecule has 1 amide bonds. The third-order valence-corrected chi connectivity index (χ3v) is 5.37. The van der Waals surface area contributed by atoms with Crippen LogP contribution in [0.1, 0.15) is 22.8 Å². The summed E-state index contributed by atoms with van der Waals surface area (Å²) in [5.41, 5.74) is 3.29. The van der Waals surface area contributed by atoms with Crippen LogP contribution < -0.4 is 15.5 Å². The van der Waals surface area contributed by atoms with E-state index in [4.69, 9.17) is 0 Å². The van der Waals surface area contributed by atoms with Gasteiger partial charge in [-0.25, -0.2) is 0 Å². The van der Waals surface area contributed by atoms with Crippen LogP contribution in [0.5, 0.6) is 0 Å². The van der Waals surface area contributed by atoms with E-state index in [9.17, 15) is 14.9 Å². The zero-order valence-electron chi connectivity index (χ0n) is 17.1. The summed E-state index contributed by atoms with van der Waals surface area (Å²) in [5, 5.41) is 16.9. The normalized spacial score (nSPS) is 14.5. The van der Waals surface area contributed by atoms with Crippen molar-refractivity contribution in [3.63, 3.8) is 0 Å². The fourth-order valence-corrected chi connectivity index (χ4v) is 3.54. The Balaban J connectivity index is 1.73. The lowest BCUT2D eigenvalue weighted by Crippen LogP contribution is -2.46. The first kappa shape index (κ1) is 20.6. The minimum absolute atomic E-state index is 0.126. The van der Waals surface area contributed by atoms with Crippen LogP contribution in [-0.4, -0.2) is 55.5 Å². The first-order valence-electron chi connectivity index (χ1n) is 9.78. The summed E-state index contributed by atoms with van der Waals surface area (Å²) in [6, 6.07) is 10.4. The fourth-order valence-electron chi connectivity index (χ4n) is 3.54. The van der Waals surface area contributed by atoms with Gasteiger partial charge in [-0.2, -0.15) is 0 Å². The Morgan fingerprint density at radius 3 is 2.38 bits per heavy atom. The highest BCUT2D eigenvalue weighted by Gasteiger charge is 2.19. The molecule has 3 rings (SSSR count).